The van der Waals surface area contributed by atoms with Gasteiger partial charge in [-0.3, -0.25) is 0 Å². The largest absolute Gasteiger partial charge is 0.489 e. The zero-order chi connectivity index (χ0) is 11.9. The third-order valence-electron chi connectivity index (χ3n) is 2.43. The van der Waals surface area contributed by atoms with E-state index < -0.39 is 0 Å². The summed E-state index contributed by atoms with van der Waals surface area (Å²) in [5.41, 5.74) is 2.17. The Labute approximate surface area is 101 Å². The summed E-state index contributed by atoms with van der Waals surface area (Å²) in [5.74, 6) is 0.836. The highest BCUT2D eigenvalue weighted by atomic mass is 16.5. The van der Waals surface area contributed by atoms with Crippen molar-refractivity contribution < 1.29 is 4.74 Å². The highest BCUT2D eigenvalue weighted by Gasteiger charge is 1.97. The normalized spacial score (nSPS) is 9.59. The molecule has 0 fully saturated rings. The van der Waals surface area contributed by atoms with Gasteiger partial charge in [0, 0.05) is 5.56 Å². The molecule has 0 saturated carbocycles. The molecule has 2 nitrogen and oxygen atoms in total. The van der Waals surface area contributed by atoms with E-state index in [0.29, 0.717) is 13.2 Å². The standard InChI is InChI=1S/C15H13NO/c1-16-11-13-7-9-15(10-8-13)17-12-14-5-3-2-4-6-14/h2-10H,11-12H2. The molecule has 0 unspecified atom stereocenters. The van der Waals surface area contributed by atoms with Crippen LogP contribution in [0.15, 0.2) is 54.6 Å². The summed E-state index contributed by atoms with van der Waals surface area (Å²) in [7, 11) is 0. The lowest BCUT2D eigenvalue weighted by Gasteiger charge is -2.06. The van der Waals surface area contributed by atoms with Crippen LogP contribution in [0.25, 0.3) is 4.85 Å². The average Bonchev–Trinajstić information content (AvgIpc) is 2.40. The second-order valence-corrected chi connectivity index (χ2v) is 3.73. The van der Waals surface area contributed by atoms with E-state index in [4.69, 9.17) is 11.3 Å². The number of rotatable bonds is 4. The molecule has 0 heterocycles. The molecule has 0 aromatic heterocycles. The molecule has 2 heteroatoms. The second-order valence-electron chi connectivity index (χ2n) is 3.73. The summed E-state index contributed by atoms with van der Waals surface area (Å²) >= 11 is 0. The Hall–Kier alpha value is -2.27. The van der Waals surface area contributed by atoms with Gasteiger partial charge >= 0.3 is 0 Å². The maximum absolute atomic E-state index is 6.78. The van der Waals surface area contributed by atoms with Crippen LogP contribution in [-0.2, 0) is 13.2 Å². The monoisotopic (exact) mass is 223 g/mol. The van der Waals surface area contributed by atoms with Crippen LogP contribution in [0.4, 0.5) is 0 Å². The van der Waals surface area contributed by atoms with Crippen LogP contribution in [0.2, 0.25) is 0 Å². The Kier molecular flexibility index (Phi) is 3.77. The minimum Gasteiger partial charge on any atom is -0.489 e. The van der Waals surface area contributed by atoms with Gasteiger partial charge in [0.05, 0.1) is 0 Å². The highest BCUT2D eigenvalue weighted by molar-refractivity contribution is 5.28. The second kappa shape index (κ2) is 5.72. The van der Waals surface area contributed by atoms with Crippen LogP contribution in [0.3, 0.4) is 0 Å². The molecular formula is C15H13NO. The van der Waals surface area contributed by atoms with E-state index in [-0.39, 0.29) is 0 Å². The van der Waals surface area contributed by atoms with E-state index in [1.54, 1.807) is 0 Å². The van der Waals surface area contributed by atoms with Crippen molar-refractivity contribution in [3.05, 3.63) is 77.1 Å². The first kappa shape index (κ1) is 11.2. The van der Waals surface area contributed by atoms with Crippen molar-refractivity contribution in [2.45, 2.75) is 13.2 Å². The van der Waals surface area contributed by atoms with Gasteiger partial charge in [0.25, 0.3) is 0 Å². The lowest BCUT2D eigenvalue weighted by molar-refractivity contribution is 0.306. The lowest BCUT2D eigenvalue weighted by Crippen LogP contribution is -1.94. The molecule has 0 spiro atoms. The van der Waals surface area contributed by atoms with E-state index in [2.05, 4.69) is 4.85 Å². The molecular weight excluding hydrogens is 210 g/mol. The van der Waals surface area contributed by atoms with Gasteiger partial charge in [-0.1, -0.05) is 30.3 Å². The molecule has 0 atom stereocenters. The first-order chi connectivity index (χ1) is 8.38. The van der Waals surface area contributed by atoms with E-state index in [1.807, 2.05) is 54.6 Å². The van der Waals surface area contributed by atoms with Crippen molar-refractivity contribution in [2.75, 3.05) is 0 Å². The molecule has 2 aromatic carbocycles. The van der Waals surface area contributed by atoms with Crippen LogP contribution in [0, 0.1) is 6.57 Å². The Balaban J connectivity index is 1.94. The topological polar surface area (TPSA) is 13.6 Å². The van der Waals surface area contributed by atoms with Crippen molar-refractivity contribution in [2.24, 2.45) is 0 Å². The Morgan fingerprint density at radius 2 is 1.59 bits per heavy atom. The van der Waals surface area contributed by atoms with Gasteiger partial charge in [-0.15, -0.1) is 0 Å². The van der Waals surface area contributed by atoms with Crippen molar-refractivity contribution in [1.82, 2.24) is 0 Å². The van der Waals surface area contributed by atoms with E-state index in [9.17, 15) is 0 Å². The minimum atomic E-state index is 0.430. The molecule has 0 aliphatic heterocycles. The fourth-order valence-electron chi connectivity index (χ4n) is 1.52. The Morgan fingerprint density at radius 3 is 2.24 bits per heavy atom. The molecule has 0 N–H and O–H groups in total. The molecule has 0 bridgehead atoms. The van der Waals surface area contributed by atoms with E-state index in [1.165, 1.54) is 0 Å². The zero-order valence-electron chi connectivity index (χ0n) is 9.47. The summed E-state index contributed by atoms with van der Waals surface area (Å²) in [6, 6.07) is 17.7. The molecule has 84 valence electrons. The number of ether oxygens (including phenoxy) is 1. The lowest BCUT2D eigenvalue weighted by atomic mass is 10.2. The molecule has 0 radical (unpaired) electrons. The van der Waals surface area contributed by atoms with E-state index in [0.717, 1.165) is 16.9 Å². The maximum atomic E-state index is 6.78. The third-order valence-corrected chi connectivity index (χ3v) is 2.43. The summed E-state index contributed by atoms with van der Waals surface area (Å²) < 4.78 is 5.65. The molecule has 2 aromatic rings. The van der Waals surface area contributed by atoms with Crippen LogP contribution in [0.5, 0.6) is 5.75 Å². The van der Waals surface area contributed by atoms with Gasteiger partial charge in [0.15, 0.2) is 0 Å². The maximum Gasteiger partial charge on any atom is 0.239 e. The molecule has 0 saturated heterocycles. The summed E-state index contributed by atoms with van der Waals surface area (Å²) in [4.78, 5) is 3.34. The van der Waals surface area contributed by atoms with Gasteiger partial charge in [-0.05, 0) is 29.8 Å². The van der Waals surface area contributed by atoms with Gasteiger partial charge in [-0.25, -0.2) is 6.57 Å². The molecule has 0 aliphatic rings. The van der Waals surface area contributed by atoms with Crippen molar-refractivity contribution in [1.29, 1.82) is 0 Å². The van der Waals surface area contributed by atoms with Crippen LogP contribution < -0.4 is 4.74 Å². The quantitative estimate of drug-likeness (QED) is 0.721. The van der Waals surface area contributed by atoms with E-state index >= 15 is 0 Å². The fourth-order valence-corrected chi connectivity index (χ4v) is 1.52. The van der Waals surface area contributed by atoms with Gasteiger partial charge in [0.1, 0.15) is 12.4 Å². The zero-order valence-corrected chi connectivity index (χ0v) is 9.47. The van der Waals surface area contributed by atoms with Gasteiger partial charge in [0.2, 0.25) is 6.54 Å². The Morgan fingerprint density at radius 1 is 0.882 bits per heavy atom. The predicted octanol–water partition coefficient (Wildman–Crippen LogP) is 3.68. The van der Waals surface area contributed by atoms with Gasteiger partial charge in [-0.2, -0.15) is 0 Å². The molecule has 17 heavy (non-hydrogen) atoms. The van der Waals surface area contributed by atoms with Gasteiger partial charge < -0.3 is 9.58 Å². The summed E-state index contributed by atoms with van der Waals surface area (Å²) in [6.45, 7) is 7.78. The van der Waals surface area contributed by atoms with Crippen molar-refractivity contribution in [3.63, 3.8) is 0 Å². The molecule has 0 aliphatic carbocycles. The van der Waals surface area contributed by atoms with Crippen LogP contribution in [0.1, 0.15) is 11.1 Å². The SMILES string of the molecule is [C-]#[N+]Cc1ccc(OCc2ccccc2)cc1. The first-order valence-corrected chi connectivity index (χ1v) is 5.47. The van der Waals surface area contributed by atoms with Crippen LogP contribution >= 0.6 is 0 Å². The first-order valence-electron chi connectivity index (χ1n) is 5.47. The summed E-state index contributed by atoms with van der Waals surface area (Å²) in [5, 5.41) is 0. The number of nitrogens with zero attached hydrogens (tertiary/aromatic N) is 1. The third kappa shape index (κ3) is 3.35. The van der Waals surface area contributed by atoms with Crippen molar-refractivity contribution >= 4 is 0 Å². The number of benzene rings is 2. The summed E-state index contributed by atoms with van der Waals surface area (Å²) in [6.07, 6.45) is 0. The Bertz CT molecular complexity index is 497. The van der Waals surface area contributed by atoms with Crippen LogP contribution in [-0.4, -0.2) is 0 Å². The minimum absolute atomic E-state index is 0.430. The highest BCUT2D eigenvalue weighted by Crippen LogP contribution is 2.14. The molecule has 2 rings (SSSR count). The number of hydrogen-bond acceptors (Lipinski definition) is 1. The average molecular weight is 223 g/mol. The molecule has 0 amide bonds. The number of hydrogen-bond donors (Lipinski definition) is 0. The predicted molar refractivity (Wildman–Crippen MR) is 67.5 cm³/mol. The van der Waals surface area contributed by atoms with Crippen molar-refractivity contribution in [3.8, 4) is 5.75 Å². The smallest absolute Gasteiger partial charge is 0.239 e. The fraction of sp³-hybridized carbons (Fsp3) is 0.133.